The summed E-state index contributed by atoms with van der Waals surface area (Å²) in [5.41, 5.74) is 1.10. The van der Waals surface area contributed by atoms with E-state index in [4.69, 9.17) is 4.42 Å². The zero-order valence-corrected chi connectivity index (χ0v) is 16.8. The number of nitrogens with zero attached hydrogens (tertiary/aromatic N) is 2. The van der Waals surface area contributed by atoms with Crippen molar-refractivity contribution >= 4 is 34.2 Å². The first-order valence-electron chi connectivity index (χ1n) is 8.82. The number of rotatable bonds is 7. The molecule has 2 heterocycles. The van der Waals surface area contributed by atoms with Gasteiger partial charge in [0.15, 0.2) is 10.9 Å². The topological polar surface area (TPSA) is 105 Å². The SMILES string of the molecule is CC(=O)NCc1ccc(-c2csc(NC(=O)CN(C)C(=O)c3ccccc3)n2)o1. The number of nitrogens with one attached hydrogen (secondary N) is 2. The molecular formula is C20H20N4O4S. The van der Waals surface area contributed by atoms with Crippen LogP contribution in [0, 0.1) is 0 Å². The fourth-order valence-electron chi connectivity index (χ4n) is 2.51. The first-order chi connectivity index (χ1) is 13.9. The number of carbonyl (C=O) groups is 3. The van der Waals surface area contributed by atoms with E-state index in [0.717, 1.165) is 0 Å². The zero-order chi connectivity index (χ0) is 20.8. The summed E-state index contributed by atoms with van der Waals surface area (Å²) in [7, 11) is 1.57. The Morgan fingerprint density at radius 3 is 2.62 bits per heavy atom. The number of thiazole rings is 1. The van der Waals surface area contributed by atoms with Crippen molar-refractivity contribution in [2.45, 2.75) is 13.5 Å². The van der Waals surface area contributed by atoms with Gasteiger partial charge in [-0.15, -0.1) is 11.3 Å². The fraction of sp³-hybridized carbons (Fsp3) is 0.200. The molecule has 0 aliphatic heterocycles. The molecule has 0 aliphatic carbocycles. The number of likely N-dealkylation sites (N-methyl/N-ethyl adjacent to an activating group) is 1. The van der Waals surface area contributed by atoms with E-state index >= 15 is 0 Å². The molecule has 0 saturated carbocycles. The number of carbonyl (C=O) groups excluding carboxylic acids is 3. The maximum Gasteiger partial charge on any atom is 0.254 e. The van der Waals surface area contributed by atoms with Crippen LogP contribution in [0.4, 0.5) is 5.13 Å². The Morgan fingerprint density at radius 1 is 1.14 bits per heavy atom. The van der Waals surface area contributed by atoms with Crippen molar-refractivity contribution in [1.82, 2.24) is 15.2 Å². The van der Waals surface area contributed by atoms with Gasteiger partial charge in [0.05, 0.1) is 13.1 Å². The Bertz CT molecular complexity index is 1010. The summed E-state index contributed by atoms with van der Waals surface area (Å²) < 4.78 is 5.65. The highest BCUT2D eigenvalue weighted by Gasteiger charge is 2.16. The second-order valence-corrected chi connectivity index (χ2v) is 7.15. The molecule has 0 spiro atoms. The zero-order valence-electron chi connectivity index (χ0n) is 16.0. The minimum atomic E-state index is -0.344. The number of aromatic nitrogens is 1. The molecule has 3 rings (SSSR count). The highest BCUT2D eigenvalue weighted by atomic mass is 32.1. The van der Waals surface area contributed by atoms with E-state index in [1.54, 1.807) is 48.8 Å². The molecule has 0 saturated heterocycles. The van der Waals surface area contributed by atoms with Crippen LogP contribution in [0.15, 0.2) is 52.3 Å². The summed E-state index contributed by atoms with van der Waals surface area (Å²) in [6, 6.07) is 12.3. The van der Waals surface area contributed by atoms with Gasteiger partial charge in [-0.05, 0) is 24.3 Å². The summed E-state index contributed by atoms with van der Waals surface area (Å²) in [4.78, 5) is 41.2. The van der Waals surface area contributed by atoms with Crippen molar-refractivity contribution in [2.24, 2.45) is 0 Å². The Hall–Kier alpha value is -3.46. The van der Waals surface area contributed by atoms with Gasteiger partial charge in [0.25, 0.3) is 5.91 Å². The summed E-state index contributed by atoms with van der Waals surface area (Å²) in [5.74, 6) is 0.428. The van der Waals surface area contributed by atoms with E-state index in [9.17, 15) is 14.4 Å². The van der Waals surface area contributed by atoms with Crippen LogP contribution in [-0.4, -0.2) is 41.2 Å². The van der Waals surface area contributed by atoms with Gasteiger partial charge in [-0.2, -0.15) is 0 Å². The molecule has 0 bridgehead atoms. The molecule has 0 fully saturated rings. The van der Waals surface area contributed by atoms with Gasteiger partial charge in [-0.25, -0.2) is 4.98 Å². The summed E-state index contributed by atoms with van der Waals surface area (Å²) >= 11 is 1.26. The lowest BCUT2D eigenvalue weighted by Crippen LogP contribution is -2.34. The smallest absolute Gasteiger partial charge is 0.254 e. The Kier molecular flexibility index (Phi) is 6.40. The van der Waals surface area contributed by atoms with Gasteiger partial charge in [0.2, 0.25) is 11.8 Å². The second kappa shape index (κ2) is 9.16. The highest BCUT2D eigenvalue weighted by Crippen LogP contribution is 2.26. The van der Waals surface area contributed by atoms with Crippen LogP contribution >= 0.6 is 11.3 Å². The minimum absolute atomic E-state index is 0.0930. The molecule has 0 unspecified atom stereocenters. The van der Waals surface area contributed by atoms with Gasteiger partial charge in [-0.3, -0.25) is 14.4 Å². The van der Waals surface area contributed by atoms with Crippen LogP contribution in [0.1, 0.15) is 23.0 Å². The molecule has 0 aliphatic rings. The molecule has 3 aromatic rings. The third-order valence-corrected chi connectivity index (χ3v) is 4.68. The van der Waals surface area contributed by atoms with E-state index < -0.39 is 0 Å². The van der Waals surface area contributed by atoms with Gasteiger partial charge < -0.3 is 20.0 Å². The third-order valence-electron chi connectivity index (χ3n) is 3.92. The lowest BCUT2D eigenvalue weighted by atomic mass is 10.2. The van der Waals surface area contributed by atoms with Gasteiger partial charge in [0, 0.05) is 24.9 Å². The van der Waals surface area contributed by atoms with E-state index in [-0.39, 0.29) is 24.3 Å². The first kappa shape index (κ1) is 20.3. The average Bonchev–Trinajstić information content (AvgIpc) is 3.35. The molecule has 2 aromatic heterocycles. The minimum Gasteiger partial charge on any atom is -0.458 e. The number of furan rings is 1. The average molecular weight is 412 g/mol. The lowest BCUT2D eigenvalue weighted by Gasteiger charge is -2.16. The van der Waals surface area contributed by atoms with Crippen molar-refractivity contribution in [3.05, 3.63) is 59.2 Å². The van der Waals surface area contributed by atoms with E-state index in [1.807, 2.05) is 6.07 Å². The predicted octanol–water partition coefficient (Wildman–Crippen LogP) is 2.75. The fourth-order valence-corrected chi connectivity index (χ4v) is 3.23. The standard InChI is InChI=1S/C20H20N4O4S/c1-13(25)21-10-15-8-9-17(28-15)16-12-29-20(22-16)23-18(26)11-24(2)19(27)14-6-4-3-5-7-14/h3-9,12H,10-11H2,1-2H3,(H,21,25)(H,22,23,26). The summed E-state index contributed by atoms with van der Waals surface area (Å²) in [5, 5.41) is 7.52. The van der Waals surface area contributed by atoms with Gasteiger partial charge in [-0.1, -0.05) is 18.2 Å². The Labute approximate surface area is 171 Å². The molecule has 150 valence electrons. The summed E-state index contributed by atoms with van der Waals surface area (Å²) in [6.45, 7) is 1.64. The van der Waals surface area contributed by atoms with E-state index in [0.29, 0.717) is 34.5 Å². The number of hydrogen-bond acceptors (Lipinski definition) is 6. The molecule has 3 amide bonds. The number of anilines is 1. The maximum absolute atomic E-state index is 12.3. The molecular weight excluding hydrogens is 392 g/mol. The summed E-state index contributed by atoms with van der Waals surface area (Å²) in [6.07, 6.45) is 0. The Morgan fingerprint density at radius 2 is 1.90 bits per heavy atom. The predicted molar refractivity (Wildman–Crippen MR) is 109 cm³/mol. The molecule has 29 heavy (non-hydrogen) atoms. The van der Waals surface area contributed by atoms with Crippen LogP contribution in [0.2, 0.25) is 0 Å². The van der Waals surface area contributed by atoms with Crippen LogP contribution in [0.3, 0.4) is 0 Å². The van der Waals surface area contributed by atoms with Gasteiger partial charge >= 0.3 is 0 Å². The quantitative estimate of drug-likeness (QED) is 0.621. The number of benzene rings is 1. The first-order valence-corrected chi connectivity index (χ1v) is 9.70. The van der Waals surface area contributed by atoms with Crippen LogP contribution in [0.25, 0.3) is 11.5 Å². The molecule has 0 radical (unpaired) electrons. The van der Waals surface area contributed by atoms with Gasteiger partial charge in [0.1, 0.15) is 11.5 Å². The van der Waals surface area contributed by atoms with Crippen molar-refractivity contribution in [1.29, 1.82) is 0 Å². The van der Waals surface area contributed by atoms with Crippen LogP contribution in [0.5, 0.6) is 0 Å². The van der Waals surface area contributed by atoms with Crippen molar-refractivity contribution in [2.75, 3.05) is 18.9 Å². The molecule has 9 heteroatoms. The number of hydrogen-bond donors (Lipinski definition) is 2. The molecule has 0 atom stereocenters. The normalized spacial score (nSPS) is 10.4. The molecule has 2 N–H and O–H groups in total. The molecule has 8 nitrogen and oxygen atoms in total. The maximum atomic E-state index is 12.3. The highest BCUT2D eigenvalue weighted by molar-refractivity contribution is 7.14. The van der Waals surface area contributed by atoms with Crippen molar-refractivity contribution in [3.63, 3.8) is 0 Å². The Balaban J connectivity index is 1.56. The third kappa shape index (κ3) is 5.52. The lowest BCUT2D eigenvalue weighted by molar-refractivity contribution is -0.119. The van der Waals surface area contributed by atoms with Crippen LogP contribution < -0.4 is 10.6 Å². The van der Waals surface area contributed by atoms with Crippen molar-refractivity contribution in [3.8, 4) is 11.5 Å². The molecule has 1 aromatic carbocycles. The number of amides is 3. The monoisotopic (exact) mass is 412 g/mol. The van der Waals surface area contributed by atoms with E-state index in [2.05, 4.69) is 15.6 Å². The second-order valence-electron chi connectivity index (χ2n) is 6.29. The van der Waals surface area contributed by atoms with Crippen LogP contribution in [-0.2, 0) is 16.1 Å². The van der Waals surface area contributed by atoms with Crippen molar-refractivity contribution < 1.29 is 18.8 Å². The largest absolute Gasteiger partial charge is 0.458 e. The van der Waals surface area contributed by atoms with E-state index in [1.165, 1.54) is 23.2 Å².